The fourth-order valence-corrected chi connectivity index (χ4v) is 3.24. The average Bonchev–Trinajstić information content (AvgIpc) is 3.28. The van der Waals surface area contributed by atoms with Gasteiger partial charge in [-0.25, -0.2) is 0 Å². The number of amides is 1. The van der Waals surface area contributed by atoms with Crippen LogP contribution >= 0.6 is 11.6 Å². The minimum absolute atomic E-state index is 0.159. The Labute approximate surface area is 124 Å². The number of rotatable bonds is 3. The number of nitrogens with zero attached hydrogens (tertiary/aromatic N) is 1. The van der Waals surface area contributed by atoms with E-state index in [-0.39, 0.29) is 12.0 Å². The lowest BCUT2D eigenvalue weighted by atomic mass is 10.1. The summed E-state index contributed by atoms with van der Waals surface area (Å²) in [4.78, 5) is 14.5. The summed E-state index contributed by atoms with van der Waals surface area (Å²) in [7, 11) is 1.73. The quantitative estimate of drug-likeness (QED) is 0.857. The second-order valence-corrected chi connectivity index (χ2v) is 6.22. The highest BCUT2D eigenvalue weighted by molar-refractivity contribution is 6.30. The first-order chi connectivity index (χ1) is 9.69. The van der Waals surface area contributed by atoms with Gasteiger partial charge in [-0.05, 0) is 42.9 Å². The van der Waals surface area contributed by atoms with E-state index in [1.165, 1.54) is 5.56 Å². The Kier molecular flexibility index (Phi) is 3.99. The van der Waals surface area contributed by atoms with Crippen molar-refractivity contribution < 1.29 is 9.53 Å². The predicted octanol–water partition coefficient (Wildman–Crippen LogP) is 3.08. The van der Waals surface area contributed by atoms with Crippen LogP contribution in [0.25, 0.3) is 0 Å². The molecule has 1 aliphatic carbocycles. The maximum absolute atomic E-state index is 12.5. The van der Waals surface area contributed by atoms with Crippen molar-refractivity contribution >= 4 is 17.5 Å². The van der Waals surface area contributed by atoms with Crippen LogP contribution < -0.4 is 0 Å². The van der Waals surface area contributed by atoms with Crippen molar-refractivity contribution in [3.05, 3.63) is 34.9 Å². The molecule has 1 aromatic carbocycles. The summed E-state index contributed by atoms with van der Waals surface area (Å²) in [6.07, 6.45) is 3.28. The zero-order valence-corrected chi connectivity index (χ0v) is 12.5. The topological polar surface area (TPSA) is 29.5 Å². The van der Waals surface area contributed by atoms with E-state index < -0.39 is 0 Å². The van der Waals surface area contributed by atoms with Crippen molar-refractivity contribution in [2.75, 3.05) is 20.2 Å². The normalized spacial score (nSPS) is 29.3. The molecule has 0 aromatic heterocycles. The van der Waals surface area contributed by atoms with Crippen LogP contribution in [-0.4, -0.2) is 37.1 Å². The molecular formula is C16H20ClNO2. The van der Waals surface area contributed by atoms with Gasteiger partial charge in [0.05, 0.1) is 6.10 Å². The van der Waals surface area contributed by atoms with Gasteiger partial charge in [0.15, 0.2) is 0 Å². The number of halogens is 1. The van der Waals surface area contributed by atoms with Crippen molar-refractivity contribution in [2.45, 2.75) is 31.3 Å². The first-order valence-electron chi connectivity index (χ1n) is 7.26. The van der Waals surface area contributed by atoms with E-state index in [1.807, 2.05) is 29.2 Å². The van der Waals surface area contributed by atoms with Crippen LogP contribution in [-0.2, 0) is 9.53 Å². The minimum Gasteiger partial charge on any atom is -0.380 e. The summed E-state index contributed by atoms with van der Waals surface area (Å²) in [6.45, 7) is 1.63. The molecule has 4 heteroatoms. The highest BCUT2D eigenvalue weighted by atomic mass is 35.5. The Balaban J connectivity index is 1.61. The van der Waals surface area contributed by atoms with E-state index in [4.69, 9.17) is 16.3 Å². The monoisotopic (exact) mass is 293 g/mol. The number of hydrogen-bond donors (Lipinski definition) is 0. The van der Waals surface area contributed by atoms with Crippen LogP contribution in [0.5, 0.6) is 0 Å². The molecule has 3 rings (SSSR count). The SMILES string of the molecule is CO[C@@H]1CCCN(C(=O)[C@@H]2C[C@@H]2c2ccc(Cl)cc2)C1. The maximum Gasteiger partial charge on any atom is 0.226 e. The molecule has 0 radical (unpaired) electrons. The minimum atomic E-state index is 0.159. The lowest BCUT2D eigenvalue weighted by molar-refractivity contribution is -0.136. The van der Waals surface area contributed by atoms with Gasteiger partial charge in [-0.2, -0.15) is 0 Å². The fraction of sp³-hybridized carbons (Fsp3) is 0.562. The molecule has 0 unspecified atom stereocenters. The number of carbonyl (C=O) groups excluding carboxylic acids is 1. The molecule has 1 heterocycles. The second kappa shape index (κ2) is 5.74. The molecule has 3 nitrogen and oxygen atoms in total. The third-order valence-electron chi connectivity index (χ3n) is 4.43. The fourth-order valence-electron chi connectivity index (χ4n) is 3.11. The lowest BCUT2D eigenvalue weighted by Crippen LogP contribution is -2.43. The van der Waals surface area contributed by atoms with Gasteiger partial charge in [0.1, 0.15) is 0 Å². The molecule has 1 amide bonds. The third kappa shape index (κ3) is 2.84. The molecule has 2 aliphatic rings. The zero-order chi connectivity index (χ0) is 14.1. The number of carbonyl (C=O) groups is 1. The Morgan fingerprint density at radius 1 is 1.35 bits per heavy atom. The molecule has 20 heavy (non-hydrogen) atoms. The number of hydrogen-bond acceptors (Lipinski definition) is 2. The van der Waals surface area contributed by atoms with Crippen molar-refractivity contribution in [3.8, 4) is 0 Å². The van der Waals surface area contributed by atoms with Gasteiger partial charge < -0.3 is 9.64 Å². The van der Waals surface area contributed by atoms with Crippen LogP contribution in [0, 0.1) is 5.92 Å². The van der Waals surface area contributed by atoms with Gasteiger partial charge in [0.25, 0.3) is 0 Å². The number of ether oxygens (including phenoxy) is 1. The van der Waals surface area contributed by atoms with Crippen molar-refractivity contribution in [1.29, 1.82) is 0 Å². The Morgan fingerprint density at radius 2 is 2.10 bits per heavy atom. The number of piperidine rings is 1. The highest BCUT2D eigenvalue weighted by Gasteiger charge is 2.46. The average molecular weight is 294 g/mol. The molecule has 1 aliphatic heterocycles. The summed E-state index contributed by atoms with van der Waals surface area (Å²) >= 11 is 5.90. The Hall–Kier alpha value is -1.06. The van der Waals surface area contributed by atoms with Crippen molar-refractivity contribution in [3.63, 3.8) is 0 Å². The first-order valence-corrected chi connectivity index (χ1v) is 7.64. The summed E-state index contributed by atoms with van der Waals surface area (Å²) in [6, 6.07) is 7.88. The molecule has 1 saturated heterocycles. The van der Waals surface area contributed by atoms with Gasteiger partial charge in [0, 0.05) is 31.1 Å². The third-order valence-corrected chi connectivity index (χ3v) is 4.68. The van der Waals surface area contributed by atoms with E-state index in [2.05, 4.69) is 0 Å². The lowest BCUT2D eigenvalue weighted by Gasteiger charge is -2.32. The number of benzene rings is 1. The Morgan fingerprint density at radius 3 is 2.80 bits per heavy atom. The van der Waals surface area contributed by atoms with E-state index >= 15 is 0 Å². The largest absolute Gasteiger partial charge is 0.380 e. The summed E-state index contributed by atoms with van der Waals surface area (Å²) in [5.41, 5.74) is 1.23. The molecular weight excluding hydrogens is 274 g/mol. The second-order valence-electron chi connectivity index (χ2n) is 5.78. The predicted molar refractivity (Wildman–Crippen MR) is 78.9 cm³/mol. The van der Waals surface area contributed by atoms with E-state index in [1.54, 1.807) is 7.11 Å². The van der Waals surface area contributed by atoms with Gasteiger partial charge >= 0.3 is 0 Å². The maximum atomic E-state index is 12.5. The molecule has 0 spiro atoms. The standard InChI is InChI=1S/C16H20ClNO2/c1-20-13-3-2-8-18(10-13)16(19)15-9-14(15)11-4-6-12(17)7-5-11/h4-7,13-15H,2-3,8-10H2,1H3/t13-,14-,15-/m1/s1. The zero-order valence-electron chi connectivity index (χ0n) is 11.7. The van der Waals surface area contributed by atoms with Gasteiger partial charge in [-0.1, -0.05) is 23.7 Å². The summed E-state index contributed by atoms with van der Waals surface area (Å²) in [5, 5.41) is 0.747. The Bertz CT molecular complexity index is 488. The smallest absolute Gasteiger partial charge is 0.226 e. The van der Waals surface area contributed by atoms with Gasteiger partial charge in [-0.15, -0.1) is 0 Å². The van der Waals surface area contributed by atoms with Gasteiger partial charge in [0.2, 0.25) is 5.91 Å². The van der Waals surface area contributed by atoms with E-state index in [9.17, 15) is 4.79 Å². The summed E-state index contributed by atoms with van der Waals surface area (Å²) < 4.78 is 5.39. The molecule has 0 N–H and O–H groups in total. The summed E-state index contributed by atoms with van der Waals surface area (Å²) in [5.74, 6) is 0.834. The highest BCUT2D eigenvalue weighted by Crippen LogP contribution is 2.48. The molecule has 1 aromatic rings. The van der Waals surface area contributed by atoms with Crippen LogP contribution in [0.1, 0.15) is 30.7 Å². The first kappa shape index (κ1) is 13.9. The van der Waals surface area contributed by atoms with Crippen molar-refractivity contribution in [2.24, 2.45) is 5.92 Å². The number of likely N-dealkylation sites (tertiary alicyclic amines) is 1. The van der Waals surface area contributed by atoms with E-state index in [0.717, 1.165) is 37.4 Å². The molecule has 0 bridgehead atoms. The van der Waals surface area contributed by atoms with Crippen LogP contribution in [0.3, 0.4) is 0 Å². The van der Waals surface area contributed by atoms with Crippen LogP contribution in [0.15, 0.2) is 24.3 Å². The molecule has 2 fully saturated rings. The van der Waals surface area contributed by atoms with Crippen LogP contribution in [0.4, 0.5) is 0 Å². The molecule has 3 atom stereocenters. The van der Waals surface area contributed by atoms with Crippen LogP contribution in [0.2, 0.25) is 5.02 Å². The number of methoxy groups -OCH3 is 1. The van der Waals surface area contributed by atoms with E-state index in [0.29, 0.717) is 11.8 Å². The van der Waals surface area contributed by atoms with Crippen molar-refractivity contribution in [1.82, 2.24) is 4.90 Å². The molecule has 108 valence electrons. The molecule has 1 saturated carbocycles. The van der Waals surface area contributed by atoms with Gasteiger partial charge in [-0.3, -0.25) is 4.79 Å².